The maximum absolute atomic E-state index is 12.0. The lowest BCUT2D eigenvalue weighted by Crippen LogP contribution is -2.33. The molecule has 2 N–H and O–H groups in total. The molecule has 3 aromatic rings. The van der Waals surface area contributed by atoms with E-state index >= 15 is 0 Å². The van der Waals surface area contributed by atoms with E-state index in [1.54, 1.807) is 6.07 Å². The van der Waals surface area contributed by atoms with Crippen LogP contribution in [0, 0.1) is 0 Å². The first-order valence-corrected chi connectivity index (χ1v) is 8.11. The molecule has 5 nitrogen and oxygen atoms in total. The highest BCUT2D eigenvalue weighted by Gasteiger charge is 2.05. The number of para-hydroxylation sites is 2. The van der Waals surface area contributed by atoms with Crippen molar-refractivity contribution >= 4 is 10.9 Å². The summed E-state index contributed by atoms with van der Waals surface area (Å²) in [6, 6.07) is 17.3. The van der Waals surface area contributed by atoms with Crippen molar-refractivity contribution in [1.29, 1.82) is 0 Å². The summed E-state index contributed by atoms with van der Waals surface area (Å²) < 4.78 is 5.71. The van der Waals surface area contributed by atoms with E-state index in [4.69, 9.17) is 4.74 Å². The molecule has 0 aliphatic heterocycles. The molecule has 5 heteroatoms. The van der Waals surface area contributed by atoms with Crippen LogP contribution >= 0.6 is 0 Å². The highest BCUT2D eigenvalue weighted by atomic mass is 16.5. The second-order valence-corrected chi connectivity index (χ2v) is 5.76. The molecule has 1 aromatic heterocycles. The number of rotatable bonds is 7. The monoisotopic (exact) mass is 323 g/mol. The van der Waals surface area contributed by atoms with Gasteiger partial charge in [-0.3, -0.25) is 4.79 Å². The minimum Gasteiger partial charge on any atom is -0.492 e. The molecule has 0 spiro atoms. The van der Waals surface area contributed by atoms with Gasteiger partial charge in [-0.2, -0.15) is 0 Å². The van der Waals surface area contributed by atoms with Gasteiger partial charge in [-0.15, -0.1) is 0 Å². The van der Waals surface area contributed by atoms with Gasteiger partial charge in [0.1, 0.15) is 18.2 Å². The van der Waals surface area contributed by atoms with Crippen molar-refractivity contribution in [2.45, 2.75) is 19.4 Å². The van der Waals surface area contributed by atoms with Gasteiger partial charge in [0.05, 0.1) is 10.9 Å². The molecule has 0 bridgehead atoms. The van der Waals surface area contributed by atoms with E-state index in [2.05, 4.69) is 22.2 Å². The van der Waals surface area contributed by atoms with Crippen LogP contribution in [0.2, 0.25) is 0 Å². The van der Waals surface area contributed by atoms with E-state index in [1.807, 2.05) is 48.5 Å². The third-order valence-electron chi connectivity index (χ3n) is 3.76. The third kappa shape index (κ3) is 4.20. The van der Waals surface area contributed by atoms with Crippen molar-refractivity contribution in [2.75, 3.05) is 13.2 Å². The molecule has 3 rings (SSSR count). The molecule has 0 aliphatic carbocycles. The van der Waals surface area contributed by atoms with E-state index in [-0.39, 0.29) is 11.6 Å². The smallest absolute Gasteiger partial charge is 0.258 e. The summed E-state index contributed by atoms with van der Waals surface area (Å²) in [7, 11) is 0. The zero-order valence-electron chi connectivity index (χ0n) is 13.7. The third-order valence-corrected chi connectivity index (χ3v) is 3.76. The summed E-state index contributed by atoms with van der Waals surface area (Å²) in [5.41, 5.74) is 0.646. The first-order chi connectivity index (χ1) is 11.7. The van der Waals surface area contributed by atoms with Crippen LogP contribution in [0.5, 0.6) is 5.75 Å². The maximum Gasteiger partial charge on any atom is 0.258 e. The lowest BCUT2D eigenvalue weighted by atomic mass is 10.2. The minimum absolute atomic E-state index is 0.0870. The van der Waals surface area contributed by atoms with Crippen LogP contribution in [0.1, 0.15) is 12.7 Å². The Kier molecular flexibility index (Phi) is 5.23. The Hall–Kier alpha value is -2.66. The highest BCUT2D eigenvalue weighted by molar-refractivity contribution is 5.77. The Morgan fingerprint density at radius 2 is 1.88 bits per heavy atom. The SMILES string of the molecule is C[C@H](COc1ccccc1)NCCc1nc2ccccc2c(=O)[nH]1. The minimum atomic E-state index is -0.0870. The molecule has 0 saturated carbocycles. The zero-order valence-corrected chi connectivity index (χ0v) is 13.7. The molecule has 1 heterocycles. The molecule has 2 aromatic carbocycles. The van der Waals surface area contributed by atoms with Gasteiger partial charge in [0, 0.05) is 19.0 Å². The average Bonchev–Trinajstić information content (AvgIpc) is 2.61. The number of fused-ring (bicyclic) bond motifs is 1. The molecule has 0 fully saturated rings. The van der Waals surface area contributed by atoms with Crippen LogP contribution in [0.3, 0.4) is 0 Å². The second-order valence-electron chi connectivity index (χ2n) is 5.76. The second kappa shape index (κ2) is 7.75. The molecular formula is C19H21N3O2. The van der Waals surface area contributed by atoms with Crippen LogP contribution in [0.4, 0.5) is 0 Å². The van der Waals surface area contributed by atoms with Crippen molar-refractivity contribution < 1.29 is 4.74 Å². The van der Waals surface area contributed by atoms with E-state index < -0.39 is 0 Å². The van der Waals surface area contributed by atoms with Gasteiger partial charge in [0.25, 0.3) is 5.56 Å². The Balaban J connectivity index is 1.50. The first kappa shape index (κ1) is 16.2. The van der Waals surface area contributed by atoms with E-state index in [1.165, 1.54) is 0 Å². The topological polar surface area (TPSA) is 67.0 Å². The summed E-state index contributed by atoms with van der Waals surface area (Å²) in [4.78, 5) is 19.4. The van der Waals surface area contributed by atoms with Gasteiger partial charge in [0.2, 0.25) is 0 Å². The van der Waals surface area contributed by atoms with E-state index in [0.717, 1.165) is 17.8 Å². The number of benzene rings is 2. The molecule has 124 valence electrons. The fourth-order valence-corrected chi connectivity index (χ4v) is 2.49. The molecule has 0 radical (unpaired) electrons. The Morgan fingerprint density at radius 1 is 1.12 bits per heavy atom. The van der Waals surface area contributed by atoms with Crippen molar-refractivity contribution in [3.05, 3.63) is 70.8 Å². The van der Waals surface area contributed by atoms with Gasteiger partial charge in [-0.1, -0.05) is 30.3 Å². The average molecular weight is 323 g/mol. The molecular weight excluding hydrogens is 302 g/mol. The van der Waals surface area contributed by atoms with Crippen LogP contribution in [0.25, 0.3) is 10.9 Å². The summed E-state index contributed by atoms with van der Waals surface area (Å²) in [5.74, 6) is 1.56. The Bertz CT molecular complexity index is 846. The Morgan fingerprint density at radius 3 is 2.71 bits per heavy atom. The summed E-state index contributed by atoms with van der Waals surface area (Å²) >= 11 is 0. The quantitative estimate of drug-likeness (QED) is 0.701. The molecule has 1 atom stereocenters. The van der Waals surface area contributed by atoms with Gasteiger partial charge in [-0.25, -0.2) is 4.98 Å². The maximum atomic E-state index is 12.0. The summed E-state index contributed by atoms with van der Waals surface area (Å²) in [6.45, 7) is 3.38. The zero-order chi connectivity index (χ0) is 16.8. The van der Waals surface area contributed by atoms with Crippen LogP contribution < -0.4 is 15.6 Å². The lowest BCUT2D eigenvalue weighted by Gasteiger charge is -2.14. The fraction of sp³-hybridized carbons (Fsp3) is 0.263. The molecule has 0 amide bonds. The first-order valence-electron chi connectivity index (χ1n) is 8.11. The van der Waals surface area contributed by atoms with Crippen molar-refractivity contribution in [2.24, 2.45) is 0 Å². The number of hydrogen-bond acceptors (Lipinski definition) is 4. The molecule has 0 aliphatic rings. The number of aromatic amines is 1. The number of hydrogen-bond donors (Lipinski definition) is 2. The Labute approximate surface area is 140 Å². The lowest BCUT2D eigenvalue weighted by molar-refractivity contribution is 0.274. The summed E-state index contributed by atoms with van der Waals surface area (Å²) in [5, 5.41) is 4.01. The van der Waals surface area contributed by atoms with Gasteiger partial charge in [-0.05, 0) is 31.2 Å². The van der Waals surface area contributed by atoms with Crippen molar-refractivity contribution in [1.82, 2.24) is 15.3 Å². The number of nitrogens with one attached hydrogen (secondary N) is 2. The number of ether oxygens (including phenoxy) is 1. The van der Waals surface area contributed by atoms with Gasteiger partial charge < -0.3 is 15.0 Å². The van der Waals surface area contributed by atoms with Crippen LogP contribution in [-0.4, -0.2) is 29.2 Å². The normalized spacial score (nSPS) is 12.2. The van der Waals surface area contributed by atoms with Gasteiger partial charge in [0.15, 0.2) is 0 Å². The summed E-state index contributed by atoms with van der Waals surface area (Å²) in [6.07, 6.45) is 0.662. The standard InChI is InChI=1S/C19H21N3O2/c1-14(13-24-15-7-3-2-4-8-15)20-12-11-18-21-17-10-6-5-9-16(17)19(23)22-18/h2-10,14,20H,11-13H2,1H3,(H,21,22,23)/t14-/m1/s1. The predicted molar refractivity (Wildman–Crippen MR) is 95.5 cm³/mol. The predicted octanol–water partition coefficient (Wildman–Crippen LogP) is 2.52. The van der Waals surface area contributed by atoms with Crippen LogP contribution in [-0.2, 0) is 6.42 Å². The fourth-order valence-electron chi connectivity index (χ4n) is 2.49. The highest BCUT2D eigenvalue weighted by Crippen LogP contribution is 2.08. The number of aromatic nitrogens is 2. The van der Waals surface area contributed by atoms with E-state index in [9.17, 15) is 4.79 Å². The molecule has 0 unspecified atom stereocenters. The molecule has 0 saturated heterocycles. The molecule has 24 heavy (non-hydrogen) atoms. The van der Waals surface area contributed by atoms with E-state index in [0.29, 0.717) is 24.2 Å². The van der Waals surface area contributed by atoms with Crippen molar-refractivity contribution in [3.8, 4) is 5.75 Å². The van der Waals surface area contributed by atoms with Gasteiger partial charge >= 0.3 is 0 Å². The largest absolute Gasteiger partial charge is 0.492 e. The number of H-pyrrole nitrogens is 1. The van der Waals surface area contributed by atoms with Crippen molar-refractivity contribution in [3.63, 3.8) is 0 Å². The number of nitrogens with zero attached hydrogens (tertiary/aromatic N) is 1. The van der Waals surface area contributed by atoms with Crippen LogP contribution in [0.15, 0.2) is 59.4 Å².